The number of guanidine groups is 1. The first-order valence-electron chi connectivity index (χ1n) is 7.65. The Hall–Kier alpha value is -2.15. The Balaban J connectivity index is 2.03. The van der Waals surface area contributed by atoms with E-state index in [9.17, 15) is 0 Å². The zero-order valence-electron chi connectivity index (χ0n) is 14.1. The van der Waals surface area contributed by atoms with E-state index in [1.165, 1.54) is 4.88 Å². The maximum Gasteiger partial charge on any atom is 0.191 e. The minimum atomic E-state index is 0.577. The van der Waals surface area contributed by atoms with Crippen LogP contribution in [0.2, 0.25) is 0 Å². The molecule has 0 saturated carbocycles. The Kier molecular flexibility index (Phi) is 6.34. The summed E-state index contributed by atoms with van der Waals surface area (Å²) in [6, 6.07) is 4.00. The first-order chi connectivity index (χ1) is 11.1. The van der Waals surface area contributed by atoms with Crippen molar-refractivity contribution in [3.8, 4) is 0 Å². The van der Waals surface area contributed by atoms with Crippen LogP contribution in [0.5, 0.6) is 0 Å². The van der Waals surface area contributed by atoms with Crippen LogP contribution in [-0.2, 0) is 13.1 Å². The zero-order chi connectivity index (χ0) is 16.7. The van der Waals surface area contributed by atoms with Crippen LogP contribution in [0.15, 0.2) is 29.5 Å². The Morgan fingerprint density at radius 1 is 1.30 bits per heavy atom. The third kappa shape index (κ3) is 5.21. The van der Waals surface area contributed by atoms with Crippen molar-refractivity contribution in [2.45, 2.75) is 26.9 Å². The molecule has 0 spiro atoms. The predicted molar refractivity (Wildman–Crippen MR) is 97.1 cm³/mol. The Bertz CT molecular complexity index is 650. The van der Waals surface area contributed by atoms with Crippen molar-refractivity contribution in [3.63, 3.8) is 0 Å². The van der Waals surface area contributed by atoms with Gasteiger partial charge < -0.3 is 15.5 Å². The molecule has 0 fully saturated rings. The number of nitrogens with one attached hydrogen (secondary N) is 2. The molecule has 0 unspecified atom stereocenters. The molecule has 0 aliphatic carbocycles. The molecule has 0 saturated heterocycles. The standard InChI is InChI=1S/C16H24N6S/c1-5-17-16(21-11-14-19-9-12(2)23-14)20-10-13-7-6-8-18-15(13)22(3)4/h6-9H,5,10-11H2,1-4H3,(H2,17,20,21). The Morgan fingerprint density at radius 3 is 2.78 bits per heavy atom. The second kappa shape index (κ2) is 8.47. The number of aryl methyl sites for hydroxylation is 1. The van der Waals surface area contributed by atoms with E-state index in [2.05, 4.69) is 45.5 Å². The summed E-state index contributed by atoms with van der Waals surface area (Å²) in [5.41, 5.74) is 1.10. The van der Waals surface area contributed by atoms with E-state index in [-0.39, 0.29) is 0 Å². The quantitative estimate of drug-likeness (QED) is 0.627. The molecule has 0 atom stereocenters. The summed E-state index contributed by atoms with van der Waals surface area (Å²) in [5.74, 6) is 1.73. The lowest BCUT2D eigenvalue weighted by atomic mass is 10.2. The van der Waals surface area contributed by atoms with Gasteiger partial charge in [0, 0.05) is 43.5 Å². The minimum absolute atomic E-state index is 0.577. The van der Waals surface area contributed by atoms with Crippen molar-refractivity contribution < 1.29 is 0 Å². The Morgan fingerprint density at radius 2 is 2.13 bits per heavy atom. The highest BCUT2D eigenvalue weighted by Crippen LogP contribution is 2.15. The molecule has 2 aromatic heterocycles. The SMILES string of the molecule is CCNC(=NCc1cccnc1N(C)C)NCc1ncc(C)s1. The fraction of sp³-hybridized carbons (Fsp3) is 0.438. The molecule has 124 valence electrons. The lowest BCUT2D eigenvalue weighted by Crippen LogP contribution is -2.36. The van der Waals surface area contributed by atoms with Gasteiger partial charge in [-0.25, -0.2) is 15.0 Å². The summed E-state index contributed by atoms with van der Waals surface area (Å²) < 4.78 is 0. The number of hydrogen-bond donors (Lipinski definition) is 2. The second-order valence-corrected chi connectivity index (χ2v) is 6.61. The van der Waals surface area contributed by atoms with Gasteiger partial charge >= 0.3 is 0 Å². The molecule has 0 radical (unpaired) electrons. The fourth-order valence-corrected chi connectivity index (χ4v) is 2.83. The van der Waals surface area contributed by atoms with Gasteiger partial charge in [0.1, 0.15) is 10.8 Å². The van der Waals surface area contributed by atoms with Crippen molar-refractivity contribution in [2.24, 2.45) is 4.99 Å². The van der Waals surface area contributed by atoms with Crippen molar-refractivity contribution in [1.82, 2.24) is 20.6 Å². The maximum absolute atomic E-state index is 4.65. The van der Waals surface area contributed by atoms with Crippen LogP contribution in [0.25, 0.3) is 0 Å². The number of aromatic nitrogens is 2. The third-order valence-corrected chi connectivity index (χ3v) is 4.03. The lowest BCUT2D eigenvalue weighted by molar-refractivity contribution is 0.810. The average molecular weight is 332 g/mol. The second-order valence-electron chi connectivity index (χ2n) is 5.29. The van der Waals surface area contributed by atoms with Gasteiger partial charge in [0.05, 0.1) is 13.1 Å². The van der Waals surface area contributed by atoms with E-state index >= 15 is 0 Å². The van der Waals surface area contributed by atoms with E-state index in [1.54, 1.807) is 17.5 Å². The predicted octanol–water partition coefficient (Wildman–Crippen LogP) is 2.17. The molecule has 0 aromatic carbocycles. The summed E-state index contributed by atoms with van der Waals surface area (Å²) in [6.45, 7) is 6.19. The summed E-state index contributed by atoms with van der Waals surface area (Å²) in [6.07, 6.45) is 3.70. The number of pyridine rings is 1. The lowest BCUT2D eigenvalue weighted by Gasteiger charge is -2.15. The van der Waals surface area contributed by atoms with Crippen LogP contribution < -0.4 is 15.5 Å². The van der Waals surface area contributed by atoms with Gasteiger partial charge in [-0.1, -0.05) is 6.07 Å². The summed E-state index contributed by atoms with van der Waals surface area (Å²) >= 11 is 1.70. The molecule has 0 aliphatic rings. The zero-order valence-corrected chi connectivity index (χ0v) is 14.9. The van der Waals surface area contributed by atoms with Crippen LogP contribution in [0.1, 0.15) is 22.4 Å². The van der Waals surface area contributed by atoms with Crippen molar-refractivity contribution in [2.75, 3.05) is 25.5 Å². The third-order valence-electron chi connectivity index (χ3n) is 3.12. The molecule has 6 nitrogen and oxygen atoms in total. The number of rotatable bonds is 6. The van der Waals surface area contributed by atoms with E-state index in [4.69, 9.17) is 0 Å². The summed E-state index contributed by atoms with van der Waals surface area (Å²) in [7, 11) is 3.98. The van der Waals surface area contributed by atoms with Crippen molar-refractivity contribution in [1.29, 1.82) is 0 Å². The fourth-order valence-electron chi connectivity index (χ4n) is 2.10. The molecule has 2 N–H and O–H groups in total. The molecule has 0 amide bonds. The molecule has 0 aliphatic heterocycles. The smallest absolute Gasteiger partial charge is 0.191 e. The van der Waals surface area contributed by atoms with Crippen LogP contribution in [0.4, 0.5) is 5.82 Å². The molecular weight excluding hydrogens is 308 g/mol. The van der Waals surface area contributed by atoms with Gasteiger partial charge in [0.15, 0.2) is 5.96 Å². The van der Waals surface area contributed by atoms with Crippen LogP contribution >= 0.6 is 11.3 Å². The van der Waals surface area contributed by atoms with E-state index in [0.29, 0.717) is 13.1 Å². The number of hydrogen-bond acceptors (Lipinski definition) is 5. The van der Waals surface area contributed by atoms with Crippen LogP contribution in [0, 0.1) is 6.92 Å². The average Bonchev–Trinajstić information content (AvgIpc) is 2.95. The minimum Gasteiger partial charge on any atom is -0.362 e. The monoisotopic (exact) mass is 332 g/mol. The van der Waals surface area contributed by atoms with E-state index < -0.39 is 0 Å². The molecule has 2 rings (SSSR count). The molecule has 0 bridgehead atoms. The molecule has 7 heteroatoms. The number of anilines is 1. The number of thiazole rings is 1. The van der Waals surface area contributed by atoms with Gasteiger partial charge in [0.2, 0.25) is 0 Å². The molecular formula is C16H24N6S. The van der Waals surface area contributed by atoms with Crippen LogP contribution in [-0.4, -0.2) is 36.6 Å². The van der Waals surface area contributed by atoms with Gasteiger partial charge in [0.25, 0.3) is 0 Å². The Labute approximate surface area is 141 Å². The van der Waals surface area contributed by atoms with E-state index in [0.717, 1.165) is 28.9 Å². The van der Waals surface area contributed by atoms with Crippen molar-refractivity contribution in [3.05, 3.63) is 40.0 Å². The van der Waals surface area contributed by atoms with Gasteiger partial charge in [-0.3, -0.25) is 0 Å². The molecule has 2 heterocycles. The molecule has 2 aromatic rings. The summed E-state index contributed by atoms with van der Waals surface area (Å²) in [4.78, 5) is 16.6. The van der Waals surface area contributed by atoms with Gasteiger partial charge in [-0.15, -0.1) is 11.3 Å². The summed E-state index contributed by atoms with van der Waals surface area (Å²) in [5, 5.41) is 7.64. The number of nitrogens with zero attached hydrogens (tertiary/aromatic N) is 4. The first-order valence-corrected chi connectivity index (χ1v) is 8.46. The highest BCUT2D eigenvalue weighted by Gasteiger charge is 2.06. The topological polar surface area (TPSA) is 65.4 Å². The highest BCUT2D eigenvalue weighted by atomic mass is 32.1. The van der Waals surface area contributed by atoms with E-state index in [1.807, 2.05) is 31.3 Å². The van der Waals surface area contributed by atoms with Gasteiger partial charge in [-0.2, -0.15) is 0 Å². The van der Waals surface area contributed by atoms with Crippen molar-refractivity contribution >= 4 is 23.1 Å². The normalized spacial score (nSPS) is 11.4. The van der Waals surface area contributed by atoms with Gasteiger partial charge in [-0.05, 0) is 19.9 Å². The molecule has 23 heavy (non-hydrogen) atoms. The number of aliphatic imine (C=N–C) groups is 1. The largest absolute Gasteiger partial charge is 0.362 e. The first kappa shape index (κ1) is 17.2. The maximum atomic E-state index is 4.65. The highest BCUT2D eigenvalue weighted by molar-refractivity contribution is 7.11. The van der Waals surface area contributed by atoms with Crippen LogP contribution in [0.3, 0.4) is 0 Å².